The van der Waals surface area contributed by atoms with Crippen molar-refractivity contribution in [3.63, 3.8) is 0 Å². The number of fused-ring (bicyclic) bond motifs is 1. The van der Waals surface area contributed by atoms with Gasteiger partial charge in [-0.25, -0.2) is 0 Å². The molecule has 0 unspecified atom stereocenters. The molecule has 3 rings (SSSR count). The van der Waals surface area contributed by atoms with Gasteiger partial charge in [0, 0.05) is 17.9 Å². The van der Waals surface area contributed by atoms with E-state index in [1.54, 1.807) is 0 Å². The summed E-state index contributed by atoms with van der Waals surface area (Å²) in [5.74, 6) is 1.70. The standard InChI is InChI=1S/C28H37N3O6/c1-2-22-4-8-25(9-5-22)35-13-3-14-36-26-10-11-27-23(20-26)6-7-24(27)21-28(32)37-19-18-34-17-16-33-15-12-30-31-29/h4-5,8-11,20,24H,2-3,6-7,12-19,21H2,1H3/t24-/m0/s1. The first kappa shape index (κ1) is 28.3. The number of carbonyl (C=O) groups excluding carboxylic acids is 1. The molecule has 9 nitrogen and oxygen atoms in total. The molecule has 0 radical (unpaired) electrons. The molecule has 0 aliphatic heterocycles. The molecule has 2 aromatic carbocycles. The molecular weight excluding hydrogens is 474 g/mol. The van der Waals surface area contributed by atoms with Gasteiger partial charge in [-0.15, -0.1) is 0 Å². The van der Waals surface area contributed by atoms with E-state index in [4.69, 9.17) is 29.2 Å². The highest BCUT2D eigenvalue weighted by Crippen LogP contribution is 2.37. The molecule has 1 aliphatic rings. The van der Waals surface area contributed by atoms with E-state index in [0.717, 1.165) is 37.2 Å². The van der Waals surface area contributed by atoms with E-state index >= 15 is 0 Å². The topological polar surface area (TPSA) is 112 Å². The molecule has 0 spiro atoms. The molecule has 9 heteroatoms. The Bertz CT molecular complexity index is 1010. The van der Waals surface area contributed by atoms with Gasteiger partial charge in [0.05, 0.1) is 46.1 Å². The van der Waals surface area contributed by atoms with Crippen molar-refractivity contribution < 1.29 is 28.5 Å². The zero-order chi connectivity index (χ0) is 26.1. The van der Waals surface area contributed by atoms with Crippen molar-refractivity contribution in [3.8, 4) is 11.5 Å². The number of nitrogens with zero attached hydrogens (tertiary/aromatic N) is 3. The first-order valence-corrected chi connectivity index (χ1v) is 13.0. The molecule has 0 saturated carbocycles. The van der Waals surface area contributed by atoms with Crippen molar-refractivity contribution in [3.05, 3.63) is 69.6 Å². The van der Waals surface area contributed by atoms with Crippen molar-refractivity contribution in [2.45, 2.75) is 44.9 Å². The third kappa shape index (κ3) is 10.3. The lowest BCUT2D eigenvalue weighted by Gasteiger charge is -2.13. The summed E-state index contributed by atoms with van der Waals surface area (Å²) in [7, 11) is 0. The highest BCUT2D eigenvalue weighted by Gasteiger charge is 2.25. The molecule has 0 amide bonds. The summed E-state index contributed by atoms with van der Waals surface area (Å²) in [6.07, 6.45) is 4.06. The monoisotopic (exact) mass is 511 g/mol. The maximum atomic E-state index is 12.3. The number of azide groups is 1. The molecular formula is C28H37N3O6. The van der Waals surface area contributed by atoms with Crippen molar-refractivity contribution in [2.75, 3.05) is 52.8 Å². The van der Waals surface area contributed by atoms with Crippen LogP contribution in [-0.2, 0) is 31.8 Å². The van der Waals surface area contributed by atoms with Crippen molar-refractivity contribution in [1.29, 1.82) is 0 Å². The quantitative estimate of drug-likeness (QED) is 0.0870. The Kier molecular flexibility index (Phi) is 12.6. The van der Waals surface area contributed by atoms with Crippen LogP contribution in [0.5, 0.6) is 11.5 Å². The first-order valence-electron chi connectivity index (χ1n) is 13.0. The molecule has 0 N–H and O–H groups in total. The molecule has 1 atom stereocenters. The van der Waals surface area contributed by atoms with Crippen molar-refractivity contribution >= 4 is 5.97 Å². The van der Waals surface area contributed by atoms with Gasteiger partial charge in [0.25, 0.3) is 0 Å². The Balaban J connectivity index is 1.27. The summed E-state index contributed by atoms with van der Waals surface area (Å²) in [5.41, 5.74) is 11.9. The molecule has 0 fully saturated rings. The van der Waals surface area contributed by atoms with Crippen LogP contribution in [0.15, 0.2) is 47.6 Å². The number of rotatable bonds is 18. The highest BCUT2D eigenvalue weighted by molar-refractivity contribution is 5.71. The van der Waals surface area contributed by atoms with Crippen LogP contribution in [0.3, 0.4) is 0 Å². The highest BCUT2D eigenvalue weighted by atomic mass is 16.6. The van der Waals surface area contributed by atoms with E-state index in [-0.39, 0.29) is 18.5 Å². The summed E-state index contributed by atoms with van der Waals surface area (Å²) >= 11 is 0. The number of hydrogen-bond donors (Lipinski definition) is 0. The number of benzene rings is 2. The minimum Gasteiger partial charge on any atom is -0.493 e. The largest absolute Gasteiger partial charge is 0.493 e. The molecule has 1 aliphatic carbocycles. The first-order chi connectivity index (χ1) is 18.2. The Morgan fingerprint density at radius 2 is 1.65 bits per heavy atom. The predicted octanol–water partition coefficient (Wildman–Crippen LogP) is 5.40. The molecule has 37 heavy (non-hydrogen) atoms. The molecule has 0 bridgehead atoms. The second kappa shape index (κ2) is 16.5. The summed E-state index contributed by atoms with van der Waals surface area (Å²) in [6.45, 7) is 5.35. The Labute approximate surface area is 218 Å². The fourth-order valence-electron chi connectivity index (χ4n) is 4.19. The molecule has 2 aromatic rings. The summed E-state index contributed by atoms with van der Waals surface area (Å²) in [5, 5.41) is 3.38. The number of hydrogen-bond acceptors (Lipinski definition) is 7. The Morgan fingerprint density at radius 1 is 0.946 bits per heavy atom. The molecule has 0 saturated heterocycles. The normalized spacial score (nSPS) is 14.0. The van der Waals surface area contributed by atoms with Crippen molar-refractivity contribution in [2.24, 2.45) is 5.11 Å². The summed E-state index contributed by atoms with van der Waals surface area (Å²) in [4.78, 5) is 14.9. The van der Waals surface area contributed by atoms with E-state index in [1.807, 2.05) is 18.2 Å². The van der Waals surface area contributed by atoms with Crippen LogP contribution in [0.1, 0.15) is 48.8 Å². The molecule has 200 valence electrons. The minimum absolute atomic E-state index is 0.175. The van der Waals surface area contributed by atoms with Crippen molar-refractivity contribution in [1.82, 2.24) is 0 Å². The molecule has 0 heterocycles. The predicted molar refractivity (Wildman–Crippen MR) is 140 cm³/mol. The van der Waals surface area contributed by atoms with Crippen LogP contribution in [-0.4, -0.2) is 58.8 Å². The van der Waals surface area contributed by atoms with Gasteiger partial charge in [0.15, 0.2) is 0 Å². The Hall–Kier alpha value is -3.26. The molecule has 0 aromatic heterocycles. The van der Waals surface area contributed by atoms with Gasteiger partial charge in [-0.3, -0.25) is 4.79 Å². The SMILES string of the molecule is CCc1ccc(OCCCOc2ccc3c(c2)CC[C@H]3CC(=O)OCCOCCOCCN=[N+]=[N-])cc1. The average Bonchev–Trinajstić information content (AvgIpc) is 3.31. The lowest BCUT2D eigenvalue weighted by atomic mass is 9.98. The van der Waals surface area contributed by atoms with Crippen LogP contribution in [0.2, 0.25) is 0 Å². The zero-order valence-corrected chi connectivity index (χ0v) is 21.6. The third-order valence-electron chi connectivity index (χ3n) is 6.15. The number of esters is 1. The lowest BCUT2D eigenvalue weighted by molar-refractivity contribution is -0.145. The van der Waals surface area contributed by atoms with Gasteiger partial charge in [-0.1, -0.05) is 30.2 Å². The fourth-order valence-corrected chi connectivity index (χ4v) is 4.19. The second-order valence-electron chi connectivity index (χ2n) is 8.75. The van der Waals surface area contributed by atoms with Crippen LogP contribution in [0.4, 0.5) is 0 Å². The fraction of sp³-hybridized carbons (Fsp3) is 0.536. The maximum absolute atomic E-state index is 12.3. The number of ether oxygens (including phenoxy) is 5. The van der Waals surface area contributed by atoms with Crippen LogP contribution in [0, 0.1) is 0 Å². The average molecular weight is 512 g/mol. The number of carbonyl (C=O) groups is 1. The van der Waals surface area contributed by atoms with Gasteiger partial charge >= 0.3 is 5.97 Å². The van der Waals surface area contributed by atoms with E-state index in [9.17, 15) is 4.79 Å². The zero-order valence-electron chi connectivity index (χ0n) is 21.6. The summed E-state index contributed by atoms with van der Waals surface area (Å²) < 4.78 is 27.7. The summed E-state index contributed by atoms with van der Waals surface area (Å²) in [6, 6.07) is 14.4. The van der Waals surface area contributed by atoms with Gasteiger partial charge in [-0.05, 0) is 71.7 Å². The lowest BCUT2D eigenvalue weighted by Crippen LogP contribution is -2.14. The van der Waals surface area contributed by atoms with Crippen LogP contribution in [0.25, 0.3) is 10.4 Å². The van der Waals surface area contributed by atoms with E-state index in [1.165, 1.54) is 16.7 Å². The number of aryl methyl sites for hydroxylation is 2. The van der Waals surface area contributed by atoms with E-state index < -0.39 is 0 Å². The van der Waals surface area contributed by atoms with Crippen LogP contribution < -0.4 is 9.47 Å². The Morgan fingerprint density at radius 3 is 2.41 bits per heavy atom. The van der Waals surface area contributed by atoms with E-state index in [0.29, 0.717) is 52.6 Å². The van der Waals surface area contributed by atoms with Gasteiger partial charge in [0.2, 0.25) is 0 Å². The minimum atomic E-state index is -0.211. The van der Waals surface area contributed by atoms with Gasteiger partial charge < -0.3 is 23.7 Å². The van der Waals surface area contributed by atoms with Gasteiger partial charge in [-0.2, -0.15) is 0 Å². The second-order valence-corrected chi connectivity index (χ2v) is 8.75. The van der Waals surface area contributed by atoms with E-state index in [2.05, 4.69) is 41.2 Å². The third-order valence-corrected chi connectivity index (χ3v) is 6.15. The van der Waals surface area contributed by atoms with Gasteiger partial charge in [0.1, 0.15) is 18.1 Å². The van der Waals surface area contributed by atoms with Crippen LogP contribution >= 0.6 is 0 Å². The maximum Gasteiger partial charge on any atom is 0.306 e. The smallest absolute Gasteiger partial charge is 0.306 e.